The van der Waals surface area contributed by atoms with Gasteiger partial charge >= 0.3 is 0 Å². The molecule has 124 valence electrons. The molecule has 4 nitrogen and oxygen atoms in total. The normalized spacial score (nSPS) is 19.7. The number of anilines is 1. The van der Waals surface area contributed by atoms with Crippen molar-refractivity contribution in [2.75, 3.05) is 4.90 Å². The average Bonchev–Trinajstić information content (AvgIpc) is 2.76. The van der Waals surface area contributed by atoms with Crippen LogP contribution in [0, 0.1) is 5.82 Å². The summed E-state index contributed by atoms with van der Waals surface area (Å²) in [5, 5.41) is 11.0. The van der Waals surface area contributed by atoms with Gasteiger partial charge in [0, 0.05) is 17.2 Å². The maximum absolute atomic E-state index is 13.0. The minimum absolute atomic E-state index is 0.145. The molecule has 1 atom stereocenters. The van der Waals surface area contributed by atoms with Crippen LogP contribution in [0.3, 0.4) is 0 Å². The van der Waals surface area contributed by atoms with Crippen LogP contribution < -0.4 is 4.90 Å². The van der Waals surface area contributed by atoms with Gasteiger partial charge in [0.1, 0.15) is 5.82 Å². The molecule has 1 amide bonds. The van der Waals surface area contributed by atoms with Gasteiger partial charge in [-0.15, -0.1) is 0 Å². The molecule has 1 heterocycles. The van der Waals surface area contributed by atoms with E-state index in [9.17, 15) is 19.1 Å². The topological polar surface area (TPSA) is 57.6 Å². The monoisotopic (exact) mass is 327 g/mol. The molecule has 24 heavy (non-hydrogen) atoms. The van der Waals surface area contributed by atoms with Gasteiger partial charge in [-0.05, 0) is 44.2 Å². The van der Waals surface area contributed by atoms with Crippen LogP contribution >= 0.6 is 0 Å². The third-order valence-electron chi connectivity index (χ3n) is 4.28. The number of hydrogen-bond acceptors (Lipinski definition) is 3. The summed E-state index contributed by atoms with van der Waals surface area (Å²) in [7, 11) is 0. The maximum Gasteiger partial charge on any atom is 0.264 e. The number of Topliss-reactive ketones (excluding diaryl/α,β-unsaturated/α-hetero) is 1. The van der Waals surface area contributed by atoms with Crippen molar-refractivity contribution in [2.45, 2.75) is 31.9 Å². The van der Waals surface area contributed by atoms with Crippen molar-refractivity contribution in [3.8, 4) is 0 Å². The van der Waals surface area contributed by atoms with Crippen LogP contribution in [0.25, 0.3) is 0 Å². The van der Waals surface area contributed by atoms with Gasteiger partial charge in [0.2, 0.25) is 0 Å². The Morgan fingerprint density at radius 3 is 2.42 bits per heavy atom. The average molecular weight is 327 g/mol. The Hall–Kier alpha value is -2.53. The van der Waals surface area contributed by atoms with Crippen LogP contribution in [0.2, 0.25) is 0 Å². The van der Waals surface area contributed by atoms with Crippen molar-refractivity contribution in [1.82, 2.24) is 0 Å². The molecule has 0 bridgehead atoms. The molecule has 0 unspecified atom stereocenters. The van der Waals surface area contributed by atoms with Gasteiger partial charge in [-0.3, -0.25) is 9.59 Å². The Labute approximate surface area is 139 Å². The summed E-state index contributed by atoms with van der Waals surface area (Å²) in [5.74, 6) is -1.36. The quantitative estimate of drug-likeness (QED) is 0.878. The summed E-state index contributed by atoms with van der Waals surface area (Å²) >= 11 is 0. The number of ketones is 1. The SMILES string of the molecule is CC(C)N1C(=O)[C@@](O)(CC(=O)c2ccc(F)cc2)c2ccccc21. The van der Waals surface area contributed by atoms with Gasteiger partial charge in [-0.2, -0.15) is 0 Å². The van der Waals surface area contributed by atoms with E-state index >= 15 is 0 Å². The summed E-state index contributed by atoms with van der Waals surface area (Å²) in [6.07, 6.45) is -0.377. The van der Waals surface area contributed by atoms with Crippen LogP contribution in [-0.2, 0) is 10.4 Å². The van der Waals surface area contributed by atoms with E-state index in [1.807, 2.05) is 13.8 Å². The van der Waals surface area contributed by atoms with Crippen LogP contribution in [-0.4, -0.2) is 22.8 Å². The number of halogens is 1. The number of aliphatic hydroxyl groups is 1. The fraction of sp³-hybridized carbons (Fsp3) is 0.263. The van der Waals surface area contributed by atoms with Crippen LogP contribution in [0.4, 0.5) is 10.1 Å². The number of carbonyl (C=O) groups excluding carboxylic acids is 2. The molecule has 0 saturated heterocycles. The molecule has 0 saturated carbocycles. The van der Waals surface area contributed by atoms with Crippen molar-refractivity contribution < 1.29 is 19.1 Å². The fourth-order valence-electron chi connectivity index (χ4n) is 3.11. The molecule has 1 aliphatic rings. The Balaban J connectivity index is 1.98. The predicted octanol–water partition coefficient (Wildman–Crippen LogP) is 3.04. The first-order valence-electron chi connectivity index (χ1n) is 7.79. The minimum atomic E-state index is -1.90. The van der Waals surface area contributed by atoms with Gasteiger partial charge < -0.3 is 10.0 Å². The van der Waals surface area contributed by atoms with E-state index in [0.29, 0.717) is 11.3 Å². The van der Waals surface area contributed by atoms with E-state index < -0.39 is 23.1 Å². The molecule has 2 aromatic carbocycles. The molecule has 5 heteroatoms. The van der Waals surface area contributed by atoms with Crippen molar-refractivity contribution in [2.24, 2.45) is 0 Å². The van der Waals surface area contributed by atoms with Crippen LogP contribution in [0.1, 0.15) is 36.2 Å². The zero-order valence-electron chi connectivity index (χ0n) is 13.5. The molecule has 0 spiro atoms. The Morgan fingerprint density at radius 2 is 1.79 bits per heavy atom. The van der Waals surface area contributed by atoms with Gasteiger partial charge in [0.15, 0.2) is 11.4 Å². The van der Waals surface area contributed by atoms with Gasteiger partial charge in [-0.25, -0.2) is 4.39 Å². The lowest BCUT2D eigenvalue weighted by Gasteiger charge is -2.25. The van der Waals surface area contributed by atoms with E-state index in [4.69, 9.17) is 0 Å². The number of benzene rings is 2. The predicted molar refractivity (Wildman–Crippen MR) is 88.3 cm³/mol. The highest BCUT2D eigenvalue weighted by atomic mass is 19.1. The number of nitrogens with zero attached hydrogens (tertiary/aromatic N) is 1. The second-order valence-corrected chi connectivity index (χ2v) is 6.25. The number of carbonyl (C=O) groups is 2. The maximum atomic E-state index is 13.0. The minimum Gasteiger partial charge on any atom is -0.375 e. The standard InChI is InChI=1S/C19H18FNO3/c1-12(2)21-16-6-4-3-5-15(16)19(24,18(21)23)11-17(22)13-7-9-14(20)10-8-13/h3-10,12,24H,11H2,1-2H3/t19-/m1/s1. The third-order valence-corrected chi connectivity index (χ3v) is 4.28. The molecular weight excluding hydrogens is 309 g/mol. The third kappa shape index (κ3) is 2.51. The highest BCUT2D eigenvalue weighted by Crippen LogP contribution is 2.43. The molecule has 0 aliphatic carbocycles. The van der Waals surface area contributed by atoms with E-state index in [1.165, 1.54) is 29.2 Å². The first kappa shape index (κ1) is 16.3. The van der Waals surface area contributed by atoms with Crippen molar-refractivity contribution in [3.63, 3.8) is 0 Å². The summed E-state index contributed by atoms with van der Waals surface area (Å²) < 4.78 is 13.0. The largest absolute Gasteiger partial charge is 0.375 e. The fourth-order valence-corrected chi connectivity index (χ4v) is 3.11. The number of fused-ring (bicyclic) bond motifs is 1. The first-order valence-corrected chi connectivity index (χ1v) is 7.79. The lowest BCUT2D eigenvalue weighted by molar-refractivity contribution is -0.136. The molecule has 2 aromatic rings. The smallest absolute Gasteiger partial charge is 0.264 e. The van der Waals surface area contributed by atoms with Gasteiger partial charge in [0.05, 0.1) is 12.1 Å². The highest BCUT2D eigenvalue weighted by Gasteiger charge is 2.51. The number of para-hydroxylation sites is 1. The van der Waals surface area contributed by atoms with Crippen LogP contribution in [0.5, 0.6) is 0 Å². The lowest BCUT2D eigenvalue weighted by Crippen LogP contribution is -2.44. The summed E-state index contributed by atoms with van der Waals surface area (Å²) in [6, 6.07) is 11.9. The second kappa shape index (κ2) is 5.83. The Kier molecular flexibility index (Phi) is 3.97. The van der Waals surface area contributed by atoms with E-state index in [1.54, 1.807) is 24.3 Å². The van der Waals surface area contributed by atoms with E-state index in [0.717, 1.165) is 0 Å². The van der Waals surface area contributed by atoms with Crippen molar-refractivity contribution in [3.05, 3.63) is 65.5 Å². The van der Waals surface area contributed by atoms with E-state index in [2.05, 4.69) is 0 Å². The second-order valence-electron chi connectivity index (χ2n) is 6.25. The zero-order chi connectivity index (χ0) is 17.5. The molecule has 0 aromatic heterocycles. The summed E-state index contributed by atoms with van der Waals surface area (Å²) in [6.45, 7) is 3.70. The Morgan fingerprint density at radius 1 is 1.17 bits per heavy atom. The Bertz CT molecular complexity index is 801. The summed E-state index contributed by atoms with van der Waals surface area (Å²) in [5.41, 5.74) is -0.587. The summed E-state index contributed by atoms with van der Waals surface area (Å²) in [4.78, 5) is 26.8. The lowest BCUT2D eigenvalue weighted by atomic mass is 9.88. The van der Waals surface area contributed by atoms with Crippen LogP contribution in [0.15, 0.2) is 48.5 Å². The van der Waals surface area contributed by atoms with Crippen molar-refractivity contribution in [1.29, 1.82) is 0 Å². The molecule has 0 radical (unpaired) electrons. The van der Waals surface area contributed by atoms with E-state index in [-0.39, 0.29) is 18.0 Å². The number of rotatable bonds is 4. The molecule has 1 aliphatic heterocycles. The first-order chi connectivity index (χ1) is 11.3. The zero-order valence-corrected chi connectivity index (χ0v) is 13.5. The molecule has 0 fully saturated rings. The molecule has 3 rings (SSSR count). The highest BCUT2D eigenvalue weighted by molar-refractivity contribution is 6.11. The number of amides is 1. The number of hydrogen-bond donors (Lipinski definition) is 1. The van der Waals surface area contributed by atoms with Crippen molar-refractivity contribution >= 4 is 17.4 Å². The molecule has 1 N–H and O–H groups in total. The molecular formula is C19H18FNO3. The van der Waals surface area contributed by atoms with Gasteiger partial charge in [0.25, 0.3) is 5.91 Å². The van der Waals surface area contributed by atoms with Gasteiger partial charge in [-0.1, -0.05) is 18.2 Å².